The van der Waals surface area contributed by atoms with Crippen LogP contribution in [0.3, 0.4) is 0 Å². The van der Waals surface area contributed by atoms with Gasteiger partial charge in [-0.1, -0.05) is 0 Å². The van der Waals surface area contributed by atoms with E-state index in [1.54, 1.807) is 30.3 Å². The van der Waals surface area contributed by atoms with Crippen LogP contribution in [0.2, 0.25) is 0 Å². The van der Waals surface area contributed by atoms with Gasteiger partial charge in [-0.15, -0.1) is 0 Å². The maximum atomic E-state index is 12.3. The van der Waals surface area contributed by atoms with Gasteiger partial charge in [-0.05, 0) is 64.1 Å². The Morgan fingerprint density at radius 2 is 1.57 bits per heavy atom. The van der Waals surface area contributed by atoms with Gasteiger partial charge in [-0.2, -0.15) is 0 Å². The molecule has 0 atom stereocenters. The molecular formula is C23H30N2O5. The van der Waals surface area contributed by atoms with Gasteiger partial charge in [0.2, 0.25) is 0 Å². The lowest BCUT2D eigenvalue weighted by molar-refractivity contribution is -0.119. The Morgan fingerprint density at radius 3 is 2.17 bits per heavy atom. The van der Waals surface area contributed by atoms with Gasteiger partial charge >= 0.3 is 5.97 Å². The molecule has 0 aromatic heterocycles. The standard InChI is InChI=1S/C23H30N2O5/c1-5-25(6-2)18-11-9-17(10-12-18)23(27)30-16-22(26)24-20-15-19(28-7-3)13-14-21(20)29-8-4/h9-15H,5-8,16H2,1-4H3,(H,24,26). The Hall–Kier alpha value is -3.22. The van der Waals surface area contributed by atoms with Crippen molar-refractivity contribution in [3.63, 3.8) is 0 Å². The van der Waals surface area contributed by atoms with Gasteiger partial charge < -0.3 is 24.4 Å². The van der Waals surface area contributed by atoms with E-state index in [9.17, 15) is 9.59 Å². The summed E-state index contributed by atoms with van der Waals surface area (Å²) in [5.41, 5.74) is 1.89. The molecule has 2 aromatic carbocycles. The van der Waals surface area contributed by atoms with Crippen molar-refractivity contribution in [2.24, 2.45) is 0 Å². The summed E-state index contributed by atoms with van der Waals surface area (Å²) < 4.78 is 16.2. The van der Waals surface area contributed by atoms with E-state index in [1.807, 2.05) is 26.0 Å². The fourth-order valence-electron chi connectivity index (χ4n) is 2.94. The van der Waals surface area contributed by atoms with E-state index in [2.05, 4.69) is 24.1 Å². The SMILES string of the molecule is CCOc1ccc(OCC)c(NC(=O)COC(=O)c2ccc(N(CC)CC)cc2)c1. The number of nitrogens with zero attached hydrogens (tertiary/aromatic N) is 1. The first kappa shape index (κ1) is 23.1. The van der Waals surface area contributed by atoms with Crippen molar-refractivity contribution < 1.29 is 23.8 Å². The van der Waals surface area contributed by atoms with Crippen LogP contribution in [0.15, 0.2) is 42.5 Å². The fourth-order valence-corrected chi connectivity index (χ4v) is 2.94. The van der Waals surface area contributed by atoms with Crippen LogP contribution in [0.1, 0.15) is 38.1 Å². The molecule has 1 amide bonds. The zero-order valence-electron chi connectivity index (χ0n) is 18.1. The highest BCUT2D eigenvalue weighted by atomic mass is 16.5. The quantitative estimate of drug-likeness (QED) is 0.557. The molecule has 0 saturated carbocycles. The number of nitrogens with one attached hydrogen (secondary N) is 1. The lowest BCUT2D eigenvalue weighted by Gasteiger charge is -2.20. The molecule has 7 heteroatoms. The summed E-state index contributed by atoms with van der Waals surface area (Å²) in [7, 11) is 0. The highest BCUT2D eigenvalue weighted by Crippen LogP contribution is 2.29. The van der Waals surface area contributed by atoms with Crippen LogP contribution in [0.4, 0.5) is 11.4 Å². The van der Waals surface area contributed by atoms with E-state index in [0.717, 1.165) is 18.8 Å². The van der Waals surface area contributed by atoms with Crippen LogP contribution in [-0.2, 0) is 9.53 Å². The maximum Gasteiger partial charge on any atom is 0.338 e. The van der Waals surface area contributed by atoms with E-state index in [0.29, 0.717) is 36.0 Å². The Labute approximate surface area is 177 Å². The van der Waals surface area contributed by atoms with E-state index < -0.39 is 18.5 Å². The summed E-state index contributed by atoms with van der Waals surface area (Å²) in [4.78, 5) is 26.7. The highest BCUT2D eigenvalue weighted by Gasteiger charge is 2.14. The first-order chi connectivity index (χ1) is 14.5. The molecule has 30 heavy (non-hydrogen) atoms. The zero-order chi connectivity index (χ0) is 21.9. The van der Waals surface area contributed by atoms with Crippen molar-refractivity contribution in [3.8, 4) is 11.5 Å². The number of hydrogen-bond acceptors (Lipinski definition) is 6. The van der Waals surface area contributed by atoms with Crippen LogP contribution in [0.25, 0.3) is 0 Å². The predicted molar refractivity (Wildman–Crippen MR) is 118 cm³/mol. The molecule has 0 heterocycles. The Bertz CT molecular complexity index is 832. The van der Waals surface area contributed by atoms with Crippen LogP contribution in [0.5, 0.6) is 11.5 Å². The molecule has 0 saturated heterocycles. The average molecular weight is 415 g/mol. The number of rotatable bonds is 11. The number of amides is 1. The fraction of sp³-hybridized carbons (Fsp3) is 0.391. The number of benzene rings is 2. The summed E-state index contributed by atoms with van der Waals surface area (Å²) in [5, 5.41) is 2.71. The largest absolute Gasteiger partial charge is 0.494 e. The summed E-state index contributed by atoms with van der Waals surface area (Å²) >= 11 is 0. The van der Waals surface area contributed by atoms with Gasteiger partial charge in [-0.3, -0.25) is 4.79 Å². The molecule has 162 valence electrons. The second kappa shape index (κ2) is 11.7. The molecule has 1 N–H and O–H groups in total. The number of carbonyl (C=O) groups excluding carboxylic acids is 2. The molecule has 7 nitrogen and oxygen atoms in total. The third-order valence-electron chi connectivity index (χ3n) is 4.40. The molecule has 2 rings (SSSR count). The summed E-state index contributed by atoms with van der Waals surface area (Å²) in [6.45, 7) is 10.2. The molecule has 0 spiro atoms. The number of ether oxygens (including phenoxy) is 3. The highest BCUT2D eigenvalue weighted by molar-refractivity contribution is 5.96. The minimum absolute atomic E-state index is 0.395. The van der Waals surface area contributed by atoms with Gasteiger partial charge in [0, 0.05) is 24.8 Å². The summed E-state index contributed by atoms with van der Waals surface area (Å²) in [6, 6.07) is 12.3. The van der Waals surface area contributed by atoms with Crippen molar-refractivity contribution in [1.82, 2.24) is 0 Å². The molecule has 0 fully saturated rings. The molecule has 0 aliphatic carbocycles. The van der Waals surface area contributed by atoms with Crippen LogP contribution >= 0.6 is 0 Å². The Balaban J connectivity index is 1.97. The predicted octanol–water partition coefficient (Wildman–Crippen LogP) is 4.13. The zero-order valence-corrected chi connectivity index (χ0v) is 18.1. The normalized spacial score (nSPS) is 10.3. The molecular weight excluding hydrogens is 384 g/mol. The van der Waals surface area contributed by atoms with Gasteiger partial charge in [0.15, 0.2) is 6.61 Å². The van der Waals surface area contributed by atoms with Crippen molar-refractivity contribution in [2.45, 2.75) is 27.7 Å². The van der Waals surface area contributed by atoms with E-state index in [1.165, 1.54) is 0 Å². The van der Waals surface area contributed by atoms with Gasteiger partial charge in [-0.25, -0.2) is 4.79 Å². The minimum Gasteiger partial charge on any atom is -0.494 e. The Kier molecular flexibility index (Phi) is 9.00. The second-order valence-electron chi connectivity index (χ2n) is 6.37. The van der Waals surface area contributed by atoms with Crippen LogP contribution in [0, 0.1) is 0 Å². The lowest BCUT2D eigenvalue weighted by Crippen LogP contribution is -2.22. The number of esters is 1. The van der Waals surface area contributed by atoms with Crippen LogP contribution in [-0.4, -0.2) is 44.8 Å². The first-order valence-electron chi connectivity index (χ1n) is 10.2. The van der Waals surface area contributed by atoms with Crippen molar-refractivity contribution >= 4 is 23.3 Å². The third-order valence-corrected chi connectivity index (χ3v) is 4.40. The summed E-state index contributed by atoms with van der Waals surface area (Å²) in [5.74, 6) is 0.121. The van der Waals surface area contributed by atoms with E-state index >= 15 is 0 Å². The Morgan fingerprint density at radius 1 is 0.900 bits per heavy atom. The van der Waals surface area contributed by atoms with Gasteiger partial charge in [0.1, 0.15) is 11.5 Å². The smallest absolute Gasteiger partial charge is 0.338 e. The van der Waals surface area contributed by atoms with Gasteiger partial charge in [0.05, 0.1) is 24.5 Å². The van der Waals surface area contributed by atoms with E-state index in [4.69, 9.17) is 14.2 Å². The maximum absolute atomic E-state index is 12.3. The van der Waals surface area contributed by atoms with Crippen molar-refractivity contribution in [2.75, 3.05) is 43.1 Å². The molecule has 0 aliphatic heterocycles. The number of anilines is 2. The third kappa shape index (κ3) is 6.40. The van der Waals surface area contributed by atoms with Gasteiger partial charge in [0.25, 0.3) is 5.91 Å². The van der Waals surface area contributed by atoms with Crippen molar-refractivity contribution in [3.05, 3.63) is 48.0 Å². The van der Waals surface area contributed by atoms with Crippen LogP contribution < -0.4 is 19.7 Å². The molecule has 2 aromatic rings. The molecule has 0 bridgehead atoms. The average Bonchev–Trinajstić information content (AvgIpc) is 2.75. The number of carbonyl (C=O) groups is 2. The topological polar surface area (TPSA) is 77.1 Å². The monoisotopic (exact) mass is 414 g/mol. The molecule has 0 radical (unpaired) electrons. The summed E-state index contributed by atoms with van der Waals surface area (Å²) in [6.07, 6.45) is 0. The minimum atomic E-state index is -0.552. The molecule has 0 aliphatic rings. The lowest BCUT2D eigenvalue weighted by atomic mass is 10.2. The number of hydrogen-bond donors (Lipinski definition) is 1. The second-order valence-corrected chi connectivity index (χ2v) is 6.37. The first-order valence-corrected chi connectivity index (χ1v) is 10.2. The molecule has 0 unspecified atom stereocenters. The van der Waals surface area contributed by atoms with Crippen molar-refractivity contribution in [1.29, 1.82) is 0 Å². The van der Waals surface area contributed by atoms with E-state index in [-0.39, 0.29) is 0 Å².